The number of amides is 1. The lowest BCUT2D eigenvalue weighted by Crippen LogP contribution is -2.62. The number of benzene rings is 2. The van der Waals surface area contributed by atoms with Crippen molar-refractivity contribution in [2.45, 2.75) is 25.3 Å². The molecular weight excluding hydrogens is 300 g/mol. The molecule has 4 heteroatoms. The molecule has 0 fully saturated rings. The summed E-state index contributed by atoms with van der Waals surface area (Å²) < 4.78 is 0. The largest absolute Gasteiger partial charge is 0.312 e. The first kappa shape index (κ1) is 16.4. The van der Waals surface area contributed by atoms with Gasteiger partial charge in [-0.05, 0) is 30.7 Å². The lowest BCUT2D eigenvalue weighted by Gasteiger charge is -2.40. The van der Waals surface area contributed by atoms with Gasteiger partial charge in [0.1, 0.15) is 0 Å². The van der Waals surface area contributed by atoms with E-state index in [0.29, 0.717) is 23.4 Å². The van der Waals surface area contributed by atoms with Crippen molar-refractivity contribution >= 4 is 17.4 Å². The number of carbonyl (C=O) groups excluding carboxylic acids is 2. The van der Waals surface area contributed by atoms with E-state index in [1.165, 1.54) is 0 Å². The van der Waals surface area contributed by atoms with Crippen LogP contribution in [0.3, 0.4) is 0 Å². The minimum Gasteiger partial charge on any atom is -0.312 e. The fraction of sp³-hybridized carbons (Fsp3) is 0.300. The van der Waals surface area contributed by atoms with Gasteiger partial charge >= 0.3 is 0 Å². The molecular formula is C20H22N2O2. The second-order valence-electron chi connectivity index (χ2n) is 6.11. The molecule has 0 bridgehead atoms. The molecule has 1 unspecified atom stereocenters. The quantitative estimate of drug-likeness (QED) is 0.679. The number of ketones is 1. The van der Waals surface area contributed by atoms with E-state index in [4.69, 9.17) is 0 Å². The number of hydrogen-bond acceptors (Lipinski definition) is 3. The molecule has 4 nitrogen and oxygen atoms in total. The number of unbranched alkanes of at least 4 members (excludes halogenated alkanes) is 1. The first-order chi connectivity index (χ1) is 11.6. The zero-order valence-corrected chi connectivity index (χ0v) is 14.1. The van der Waals surface area contributed by atoms with Crippen LogP contribution in [0.1, 0.15) is 35.7 Å². The molecule has 0 spiro atoms. The van der Waals surface area contributed by atoms with Crippen LogP contribution in [0, 0.1) is 0 Å². The van der Waals surface area contributed by atoms with Crippen LogP contribution >= 0.6 is 0 Å². The monoisotopic (exact) mass is 322 g/mol. The average Bonchev–Trinajstić information content (AvgIpc) is 2.64. The van der Waals surface area contributed by atoms with Crippen molar-refractivity contribution in [1.82, 2.24) is 5.32 Å². The SMILES string of the molecule is CCCCNC1(c2ccccc2)C(=O)c2ccccc2N(C)C1=O. The number of para-hydroxylation sites is 1. The summed E-state index contributed by atoms with van der Waals surface area (Å²) in [6, 6.07) is 16.6. The number of nitrogens with zero attached hydrogens (tertiary/aromatic N) is 1. The van der Waals surface area contributed by atoms with Gasteiger partial charge in [0.2, 0.25) is 0 Å². The van der Waals surface area contributed by atoms with Crippen LogP contribution in [0.4, 0.5) is 5.69 Å². The summed E-state index contributed by atoms with van der Waals surface area (Å²) in [6.07, 6.45) is 1.90. The van der Waals surface area contributed by atoms with Gasteiger partial charge in [0.05, 0.1) is 5.69 Å². The molecule has 0 saturated heterocycles. The van der Waals surface area contributed by atoms with Crippen LogP contribution in [-0.2, 0) is 10.3 Å². The lowest BCUT2D eigenvalue weighted by atomic mass is 9.77. The summed E-state index contributed by atoms with van der Waals surface area (Å²) in [6.45, 7) is 2.70. The number of likely N-dealkylation sites (N-methyl/N-ethyl adjacent to an activating group) is 1. The standard InChI is InChI=1S/C20H22N2O2/c1-3-4-14-21-20(15-10-6-5-7-11-15)18(23)16-12-8-9-13-17(16)22(2)19(20)24/h5-13,21H,3-4,14H2,1-2H3. The van der Waals surface area contributed by atoms with Crippen LogP contribution in [0.15, 0.2) is 54.6 Å². The third-order valence-corrected chi connectivity index (χ3v) is 4.60. The van der Waals surface area contributed by atoms with E-state index >= 15 is 0 Å². The Balaban J connectivity index is 2.17. The van der Waals surface area contributed by atoms with Crippen molar-refractivity contribution in [2.75, 3.05) is 18.5 Å². The maximum Gasteiger partial charge on any atom is 0.259 e. The molecule has 1 aliphatic rings. The second-order valence-corrected chi connectivity index (χ2v) is 6.11. The summed E-state index contributed by atoms with van der Waals surface area (Å²) >= 11 is 0. The highest BCUT2D eigenvalue weighted by Crippen LogP contribution is 2.37. The van der Waals surface area contributed by atoms with Gasteiger partial charge in [-0.2, -0.15) is 0 Å². The van der Waals surface area contributed by atoms with Crippen LogP contribution in [0.5, 0.6) is 0 Å². The molecule has 1 amide bonds. The molecule has 1 aliphatic heterocycles. The van der Waals surface area contributed by atoms with Crippen LogP contribution in [0.2, 0.25) is 0 Å². The van der Waals surface area contributed by atoms with E-state index < -0.39 is 5.54 Å². The Bertz CT molecular complexity index is 757. The van der Waals surface area contributed by atoms with Crippen molar-refractivity contribution in [3.8, 4) is 0 Å². The summed E-state index contributed by atoms with van der Waals surface area (Å²) in [5.41, 5.74) is 0.584. The first-order valence-corrected chi connectivity index (χ1v) is 8.35. The number of Topliss-reactive ketones (excluding diaryl/α,β-unsaturated/α-hetero) is 1. The second kappa shape index (κ2) is 6.57. The zero-order valence-electron chi connectivity index (χ0n) is 14.1. The first-order valence-electron chi connectivity index (χ1n) is 8.35. The van der Waals surface area contributed by atoms with E-state index in [-0.39, 0.29) is 11.7 Å². The zero-order chi connectivity index (χ0) is 17.2. The van der Waals surface area contributed by atoms with Gasteiger partial charge in [-0.3, -0.25) is 14.9 Å². The van der Waals surface area contributed by atoms with Gasteiger partial charge in [-0.25, -0.2) is 0 Å². The van der Waals surface area contributed by atoms with E-state index in [1.807, 2.05) is 48.5 Å². The van der Waals surface area contributed by atoms with Crippen molar-refractivity contribution < 1.29 is 9.59 Å². The summed E-state index contributed by atoms with van der Waals surface area (Å²) in [7, 11) is 1.73. The van der Waals surface area contributed by atoms with Crippen molar-refractivity contribution in [2.24, 2.45) is 0 Å². The maximum absolute atomic E-state index is 13.4. The molecule has 0 aliphatic carbocycles. The molecule has 0 aromatic heterocycles. The Kier molecular flexibility index (Phi) is 4.49. The molecule has 2 aromatic carbocycles. The fourth-order valence-corrected chi connectivity index (χ4v) is 3.27. The van der Waals surface area contributed by atoms with Gasteiger partial charge in [0.25, 0.3) is 5.91 Å². The van der Waals surface area contributed by atoms with Crippen LogP contribution in [0.25, 0.3) is 0 Å². The number of nitrogens with one attached hydrogen (secondary N) is 1. The Labute approximate surface area is 142 Å². The van der Waals surface area contributed by atoms with Gasteiger partial charge in [0.15, 0.2) is 11.3 Å². The molecule has 0 radical (unpaired) electrons. The Morgan fingerprint density at radius 2 is 1.67 bits per heavy atom. The van der Waals surface area contributed by atoms with Crippen molar-refractivity contribution in [1.29, 1.82) is 0 Å². The molecule has 1 atom stereocenters. The Hall–Kier alpha value is -2.46. The Morgan fingerprint density at radius 1 is 1.00 bits per heavy atom. The van der Waals surface area contributed by atoms with E-state index in [1.54, 1.807) is 18.0 Å². The highest BCUT2D eigenvalue weighted by atomic mass is 16.2. The number of fused-ring (bicyclic) bond motifs is 1. The van der Waals surface area contributed by atoms with Crippen LogP contribution in [-0.4, -0.2) is 25.3 Å². The van der Waals surface area contributed by atoms with E-state index in [2.05, 4.69) is 12.2 Å². The number of carbonyl (C=O) groups is 2. The molecule has 0 saturated carbocycles. The third-order valence-electron chi connectivity index (χ3n) is 4.60. The summed E-state index contributed by atoms with van der Waals surface area (Å²) in [5, 5.41) is 3.28. The fourth-order valence-electron chi connectivity index (χ4n) is 3.27. The number of hydrogen-bond donors (Lipinski definition) is 1. The predicted molar refractivity (Wildman–Crippen MR) is 95.2 cm³/mol. The number of anilines is 1. The molecule has 124 valence electrons. The minimum atomic E-state index is -1.35. The molecule has 24 heavy (non-hydrogen) atoms. The van der Waals surface area contributed by atoms with Gasteiger partial charge in [0, 0.05) is 12.6 Å². The highest BCUT2D eigenvalue weighted by Gasteiger charge is 2.52. The van der Waals surface area contributed by atoms with Crippen molar-refractivity contribution in [3.05, 3.63) is 65.7 Å². The highest BCUT2D eigenvalue weighted by molar-refractivity contribution is 6.28. The third kappa shape index (κ3) is 2.43. The maximum atomic E-state index is 13.4. The summed E-state index contributed by atoms with van der Waals surface area (Å²) in [5.74, 6) is -0.406. The average molecular weight is 322 g/mol. The van der Waals surface area contributed by atoms with Crippen molar-refractivity contribution in [3.63, 3.8) is 0 Å². The normalized spacial score (nSPS) is 20.2. The minimum absolute atomic E-state index is 0.177. The molecule has 1 N–H and O–H groups in total. The topological polar surface area (TPSA) is 49.4 Å². The van der Waals surface area contributed by atoms with Gasteiger partial charge in [-0.1, -0.05) is 55.8 Å². The smallest absolute Gasteiger partial charge is 0.259 e. The molecule has 3 rings (SSSR count). The van der Waals surface area contributed by atoms with E-state index in [0.717, 1.165) is 12.8 Å². The Morgan fingerprint density at radius 3 is 2.38 bits per heavy atom. The number of rotatable bonds is 5. The lowest BCUT2D eigenvalue weighted by molar-refractivity contribution is -0.123. The van der Waals surface area contributed by atoms with Gasteiger partial charge in [-0.15, -0.1) is 0 Å². The molecule has 1 heterocycles. The molecule has 2 aromatic rings. The van der Waals surface area contributed by atoms with Crippen LogP contribution < -0.4 is 10.2 Å². The summed E-state index contributed by atoms with van der Waals surface area (Å²) in [4.78, 5) is 28.2. The van der Waals surface area contributed by atoms with E-state index in [9.17, 15) is 9.59 Å². The predicted octanol–water partition coefficient (Wildman–Crippen LogP) is 3.13. The van der Waals surface area contributed by atoms with Gasteiger partial charge < -0.3 is 4.90 Å².